The van der Waals surface area contributed by atoms with Gasteiger partial charge < -0.3 is 5.11 Å². The molecule has 0 radical (unpaired) electrons. The minimum absolute atomic E-state index is 0.0471. The maximum atomic E-state index is 10.5. The summed E-state index contributed by atoms with van der Waals surface area (Å²) in [7, 11) is 0. The zero-order chi connectivity index (χ0) is 13.8. The first-order valence-corrected chi connectivity index (χ1v) is 6.35. The third kappa shape index (κ3) is 3.94. The maximum Gasteiger partial charge on any atom is 0.303 e. The second-order valence-corrected chi connectivity index (χ2v) is 4.86. The van der Waals surface area contributed by atoms with E-state index in [1.54, 1.807) is 23.0 Å². The van der Waals surface area contributed by atoms with E-state index in [1.807, 2.05) is 6.07 Å². The molecule has 0 spiro atoms. The van der Waals surface area contributed by atoms with Crippen LogP contribution in [0, 0.1) is 0 Å². The minimum Gasteiger partial charge on any atom is -0.481 e. The van der Waals surface area contributed by atoms with E-state index in [-0.39, 0.29) is 6.42 Å². The van der Waals surface area contributed by atoms with Gasteiger partial charge in [0.15, 0.2) is 0 Å². The fraction of sp³-hybridized carbons (Fsp3) is 0.250. The van der Waals surface area contributed by atoms with E-state index < -0.39 is 5.97 Å². The van der Waals surface area contributed by atoms with Crippen LogP contribution in [0.1, 0.15) is 17.7 Å². The zero-order valence-electron chi connectivity index (χ0n) is 9.88. The van der Waals surface area contributed by atoms with Crippen LogP contribution in [-0.4, -0.2) is 26.1 Å². The van der Waals surface area contributed by atoms with Crippen molar-refractivity contribution in [3.05, 3.63) is 45.7 Å². The molecule has 1 N–H and O–H groups in total. The molecule has 0 bridgehead atoms. The number of benzene rings is 1. The summed E-state index contributed by atoms with van der Waals surface area (Å²) in [6, 6.07) is 5.34. The Morgan fingerprint density at radius 3 is 2.79 bits per heavy atom. The number of carboxylic acid groups (broad SMARTS) is 1. The van der Waals surface area contributed by atoms with Crippen LogP contribution in [0.4, 0.5) is 0 Å². The molecule has 1 heterocycles. The van der Waals surface area contributed by atoms with Gasteiger partial charge in [0.2, 0.25) is 0 Å². The van der Waals surface area contributed by atoms with Crippen LogP contribution in [0.15, 0.2) is 24.4 Å². The average molecular weight is 300 g/mol. The summed E-state index contributed by atoms with van der Waals surface area (Å²) in [6.07, 6.45) is 2.15. The number of hydrogen-bond acceptors (Lipinski definition) is 3. The summed E-state index contributed by atoms with van der Waals surface area (Å²) >= 11 is 11.8. The van der Waals surface area contributed by atoms with Gasteiger partial charge in [0, 0.05) is 12.6 Å². The number of aliphatic carboxylic acids is 1. The van der Waals surface area contributed by atoms with Crippen LogP contribution in [0.25, 0.3) is 0 Å². The molecular formula is C12H11Cl2N3O2. The molecule has 0 saturated heterocycles. The number of rotatable bonds is 5. The Bertz CT molecular complexity index is 598. The Morgan fingerprint density at radius 2 is 2.11 bits per heavy atom. The lowest BCUT2D eigenvalue weighted by molar-refractivity contribution is -0.136. The molecule has 0 aliphatic heterocycles. The van der Waals surface area contributed by atoms with Crippen molar-refractivity contribution in [1.82, 2.24) is 15.0 Å². The maximum absolute atomic E-state index is 10.5. The van der Waals surface area contributed by atoms with Crippen molar-refractivity contribution in [3.8, 4) is 0 Å². The molecule has 0 aliphatic rings. The van der Waals surface area contributed by atoms with E-state index in [1.165, 1.54) is 0 Å². The second-order valence-electron chi connectivity index (χ2n) is 4.05. The minimum atomic E-state index is -0.848. The number of nitrogens with zero attached hydrogens (tertiary/aromatic N) is 3. The molecular weight excluding hydrogens is 289 g/mol. The predicted molar refractivity (Wildman–Crippen MR) is 71.5 cm³/mol. The topological polar surface area (TPSA) is 68.0 Å². The highest BCUT2D eigenvalue weighted by Gasteiger charge is 2.05. The van der Waals surface area contributed by atoms with E-state index in [9.17, 15) is 4.79 Å². The lowest BCUT2D eigenvalue weighted by Crippen LogP contribution is -2.00. The van der Waals surface area contributed by atoms with Gasteiger partial charge in [-0.05, 0) is 17.7 Å². The summed E-state index contributed by atoms with van der Waals surface area (Å²) in [4.78, 5) is 10.5. The van der Waals surface area contributed by atoms with E-state index in [4.69, 9.17) is 28.3 Å². The molecule has 100 valence electrons. The summed E-state index contributed by atoms with van der Waals surface area (Å²) in [5.41, 5.74) is 1.60. The number of carboxylic acids is 1. The van der Waals surface area contributed by atoms with Gasteiger partial charge in [-0.3, -0.25) is 4.79 Å². The van der Waals surface area contributed by atoms with Crippen LogP contribution in [0.5, 0.6) is 0 Å². The summed E-state index contributed by atoms with van der Waals surface area (Å²) < 4.78 is 1.64. The summed E-state index contributed by atoms with van der Waals surface area (Å²) in [5, 5.41) is 17.4. The molecule has 1 aromatic heterocycles. The standard InChI is InChI=1S/C12H11Cl2N3O2/c13-10-3-1-8(5-11(10)14)6-17-7-9(15-16-17)2-4-12(18)19/h1,3,5,7H,2,4,6H2,(H,18,19). The second kappa shape index (κ2) is 6.04. The molecule has 0 saturated carbocycles. The van der Waals surface area contributed by atoms with Gasteiger partial charge in [0.05, 0.1) is 28.7 Å². The Labute approximate surface area is 119 Å². The monoisotopic (exact) mass is 299 g/mol. The van der Waals surface area contributed by atoms with Crippen molar-refractivity contribution in [3.63, 3.8) is 0 Å². The average Bonchev–Trinajstić information content (AvgIpc) is 2.79. The first kappa shape index (κ1) is 13.8. The molecule has 1 aromatic carbocycles. The quantitative estimate of drug-likeness (QED) is 0.921. The fourth-order valence-electron chi connectivity index (χ4n) is 1.59. The van der Waals surface area contributed by atoms with E-state index >= 15 is 0 Å². The molecule has 0 atom stereocenters. The number of hydrogen-bond donors (Lipinski definition) is 1. The van der Waals surface area contributed by atoms with Gasteiger partial charge in [-0.1, -0.05) is 34.5 Å². The largest absolute Gasteiger partial charge is 0.481 e. The van der Waals surface area contributed by atoms with Crippen molar-refractivity contribution in [1.29, 1.82) is 0 Å². The van der Waals surface area contributed by atoms with Gasteiger partial charge in [0.1, 0.15) is 0 Å². The molecule has 0 fully saturated rings. The Hall–Kier alpha value is -1.59. The van der Waals surface area contributed by atoms with Crippen LogP contribution in [-0.2, 0) is 17.8 Å². The lowest BCUT2D eigenvalue weighted by Gasteiger charge is -2.02. The smallest absolute Gasteiger partial charge is 0.303 e. The van der Waals surface area contributed by atoms with E-state index in [0.29, 0.717) is 28.7 Å². The molecule has 0 amide bonds. The first-order chi connectivity index (χ1) is 9.04. The van der Waals surface area contributed by atoms with Crippen LogP contribution < -0.4 is 0 Å². The molecule has 0 unspecified atom stereocenters. The highest BCUT2D eigenvalue weighted by Crippen LogP contribution is 2.22. The SMILES string of the molecule is O=C(O)CCc1cn(Cc2ccc(Cl)c(Cl)c2)nn1. The third-order valence-electron chi connectivity index (χ3n) is 2.51. The van der Waals surface area contributed by atoms with Gasteiger partial charge in [-0.25, -0.2) is 4.68 Å². The highest BCUT2D eigenvalue weighted by molar-refractivity contribution is 6.42. The van der Waals surface area contributed by atoms with E-state index in [2.05, 4.69) is 10.3 Å². The van der Waals surface area contributed by atoms with Crippen molar-refractivity contribution in [2.24, 2.45) is 0 Å². The summed E-state index contributed by atoms with van der Waals surface area (Å²) in [5.74, 6) is -0.848. The van der Waals surface area contributed by atoms with Crippen molar-refractivity contribution >= 4 is 29.2 Å². The first-order valence-electron chi connectivity index (χ1n) is 5.59. The van der Waals surface area contributed by atoms with Crippen LogP contribution >= 0.6 is 23.2 Å². The van der Waals surface area contributed by atoms with Gasteiger partial charge in [-0.15, -0.1) is 5.10 Å². The Morgan fingerprint density at radius 1 is 1.32 bits per heavy atom. The number of carbonyl (C=O) groups is 1. The molecule has 2 rings (SSSR count). The Balaban J connectivity index is 2.02. The predicted octanol–water partition coefficient (Wildman–Crippen LogP) is 2.65. The number of aromatic nitrogens is 3. The van der Waals surface area contributed by atoms with Crippen LogP contribution in [0.3, 0.4) is 0 Å². The van der Waals surface area contributed by atoms with E-state index in [0.717, 1.165) is 5.56 Å². The normalized spacial score (nSPS) is 10.6. The Kier molecular flexibility index (Phi) is 4.39. The van der Waals surface area contributed by atoms with Crippen molar-refractivity contribution < 1.29 is 9.90 Å². The molecule has 0 aliphatic carbocycles. The highest BCUT2D eigenvalue weighted by atomic mass is 35.5. The molecule has 7 heteroatoms. The zero-order valence-corrected chi connectivity index (χ0v) is 11.4. The molecule has 2 aromatic rings. The van der Waals surface area contributed by atoms with Crippen LogP contribution in [0.2, 0.25) is 10.0 Å². The lowest BCUT2D eigenvalue weighted by atomic mass is 10.2. The fourth-order valence-corrected chi connectivity index (χ4v) is 1.91. The molecule has 19 heavy (non-hydrogen) atoms. The number of aryl methyl sites for hydroxylation is 1. The van der Waals surface area contributed by atoms with Crippen molar-refractivity contribution in [2.45, 2.75) is 19.4 Å². The number of halogens is 2. The van der Waals surface area contributed by atoms with Gasteiger partial charge in [0.25, 0.3) is 0 Å². The third-order valence-corrected chi connectivity index (χ3v) is 3.25. The summed E-state index contributed by atoms with van der Waals surface area (Å²) in [6.45, 7) is 0.511. The van der Waals surface area contributed by atoms with Gasteiger partial charge >= 0.3 is 5.97 Å². The van der Waals surface area contributed by atoms with Gasteiger partial charge in [-0.2, -0.15) is 0 Å². The van der Waals surface area contributed by atoms with Crippen molar-refractivity contribution in [2.75, 3.05) is 0 Å². The molecule has 5 nitrogen and oxygen atoms in total.